The second kappa shape index (κ2) is 10.7. The Labute approximate surface area is 208 Å². The van der Waals surface area contributed by atoms with E-state index in [9.17, 15) is 9.18 Å². The number of carbonyl (C=O) groups is 1. The second-order valence-corrected chi connectivity index (χ2v) is 8.82. The number of methoxy groups -OCH3 is 1. The minimum absolute atomic E-state index is 0.103. The molecule has 0 aliphatic carbocycles. The third kappa shape index (κ3) is 5.15. The summed E-state index contributed by atoms with van der Waals surface area (Å²) in [6, 6.07) is 13.7. The molecule has 9 heteroatoms. The van der Waals surface area contributed by atoms with Crippen molar-refractivity contribution in [3.63, 3.8) is 0 Å². The Balaban J connectivity index is 1.37. The van der Waals surface area contributed by atoms with Crippen molar-refractivity contribution in [2.24, 2.45) is 0 Å². The molecule has 0 atom stereocenters. The second-order valence-electron chi connectivity index (χ2n) is 8.82. The smallest absolute Gasteiger partial charge is 0.263 e. The van der Waals surface area contributed by atoms with Crippen LogP contribution >= 0.6 is 0 Å². The van der Waals surface area contributed by atoms with E-state index < -0.39 is 0 Å². The average Bonchev–Trinajstić information content (AvgIpc) is 3.35. The van der Waals surface area contributed by atoms with Gasteiger partial charge in [-0.15, -0.1) is 0 Å². The van der Waals surface area contributed by atoms with Crippen molar-refractivity contribution in [3.8, 4) is 17.0 Å². The minimum Gasteiger partial charge on any atom is -0.496 e. The highest BCUT2D eigenvalue weighted by molar-refractivity contribution is 5.98. The molecule has 36 heavy (non-hydrogen) atoms. The normalized spacial score (nSPS) is 13.7. The van der Waals surface area contributed by atoms with Gasteiger partial charge in [-0.3, -0.25) is 4.79 Å². The maximum Gasteiger partial charge on any atom is 0.263 e. The van der Waals surface area contributed by atoms with Gasteiger partial charge < -0.3 is 19.5 Å². The monoisotopic (exact) mass is 489 g/mol. The molecule has 5 rings (SSSR count). The van der Waals surface area contributed by atoms with Gasteiger partial charge >= 0.3 is 0 Å². The van der Waals surface area contributed by atoms with E-state index in [4.69, 9.17) is 14.2 Å². The lowest BCUT2D eigenvalue weighted by Crippen LogP contribution is -2.30. The Hall–Kier alpha value is -4.01. The summed E-state index contributed by atoms with van der Waals surface area (Å²) < 4.78 is 24.4. The number of halogens is 1. The summed E-state index contributed by atoms with van der Waals surface area (Å²) in [7, 11) is 1.61. The summed E-state index contributed by atoms with van der Waals surface area (Å²) in [4.78, 5) is 24.2. The fraction of sp³-hybridized carbons (Fsp3) is 0.333. The van der Waals surface area contributed by atoms with Crippen LogP contribution in [0.2, 0.25) is 0 Å². The van der Waals surface area contributed by atoms with Gasteiger partial charge in [0.05, 0.1) is 7.11 Å². The molecule has 3 heterocycles. The number of ether oxygens (including phenoxy) is 1. The maximum absolute atomic E-state index is 13.5. The van der Waals surface area contributed by atoms with Crippen LogP contribution in [0.25, 0.3) is 22.4 Å². The molecule has 1 aliphatic heterocycles. The number of para-hydroxylation sites is 1. The maximum atomic E-state index is 13.5. The fourth-order valence-electron chi connectivity index (χ4n) is 4.49. The molecular formula is C27H28FN5O3. The number of fused-ring (bicyclic) bond motifs is 1. The molecule has 2 aromatic heterocycles. The molecule has 1 amide bonds. The Kier molecular flexibility index (Phi) is 7.06. The van der Waals surface area contributed by atoms with E-state index in [0.29, 0.717) is 35.6 Å². The molecule has 0 saturated carbocycles. The number of nitrogens with one attached hydrogen (secondary N) is 1. The molecule has 0 unspecified atom stereocenters. The van der Waals surface area contributed by atoms with Gasteiger partial charge in [0.25, 0.3) is 5.71 Å². The van der Waals surface area contributed by atoms with Crippen molar-refractivity contribution in [1.29, 1.82) is 0 Å². The van der Waals surface area contributed by atoms with Crippen molar-refractivity contribution in [2.75, 3.05) is 25.1 Å². The van der Waals surface area contributed by atoms with E-state index in [2.05, 4.69) is 20.4 Å². The molecule has 1 saturated heterocycles. The number of rotatable bonds is 8. The molecule has 2 aromatic carbocycles. The standard InChI is InChI=1S/C27H28FN5O3/c1-35-21-8-4-3-7-19(21)17-29-23(34)14-13-22-30-26(33-15-5-2-6-16-33)24-25(32-36-27(24)31-22)18-9-11-20(28)12-10-18/h3-4,7-12H,2,5-6,13-17H2,1H3,(H,29,34). The predicted octanol–water partition coefficient (Wildman–Crippen LogP) is 4.67. The van der Waals surface area contributed by atoms with E-state index in [1.54, 1.807) is 19.2 Å². The number of hydrogen-bond acceptors (Lipinski definition) is 7. The van der Waals surface area contributed by atoms with Crippen molar-refractivity contribution in [1.82, 2.24) is 20.4 Å². The lowest BCUT2D eigenvalue weighted by atomic mass is 10.1. The van der Waals surface area contributed by atoms with Gasteiger partial charge in [-0.1, -0.05) is 23.4 Å². The molecule has 1 fully saturated rings. The molecule has 1 N–H and O–H groups in total. The van der Waals surface area contributed by atoms with Crippen LogP contribution < -0.4 is 15.0 Å². The number of hydrogen-bond donors (Lipinski definition) is 1. The number of nitrogens with zero attached hydrogens (tertiary/aromatic N) is 4. The van der Waals surface area contributed by atoms with Crippen LogP contribution in [0.1, 0.15) is 37.1 Å². The van der Waals surface area contributed by atoms with E-state index in [1.165, 1.54) is 18.6 Å². The number of aryl methyl sites for hydroxylation is 1. The molecule has 4 aromatic rings. The van der Waals surface area contributed by atoms with Gasteiger partial charge in [-0.25, -0.2) is 9.37 Å². The largest absolute Gasteiger partial charge is 0.496 e. The van der Waals surface area contributed by atoms with Crippen LogP contribution in [-0.4, -0.2) is 41.2 Å². The van der Waals surface area contributed by atoms with Crippen molar-refractivity contribution in [3.05, 3.63) is 65.7 Å². The molecule has 0 radical (unpaired) electrons. The highest BCUT2D eigenvalue weighted by atomic mass is 19.1. The Morgan fingerprint density at radius 1 is 1.08 bits per heavy atom. The van der Waals surface area contributed by atoms with Crippen molar-refractivity contribution < 1.29 is 18.4 Å². The third-order valence-corrected chi connectivity index (χ3v) is 6.38. The zero-order chi connectivity index (χ0) is 24.9. The molecule has 8 nitrogen and oxygen atoms in total. The number of anilines is 1. The van der Waals surface area contributed by atoms with Gasteiger partial charge in [0, 0.05) is 43.6 Å². The SMILES string of the molecule is COc1ccccc1CNC(=O)CCc1nc(N2CCCCC2)c2c(-c3ccc(F)cc3)noc2n1. The van der Waals surface area contributed by atoms with E-state index in [0.717, 1.165) is 48.6 Å². The van der Waals surface area contributed by atoms with Gasteiger partial charge in [0.15, 0.2) is 0 Å². The predicted molar refractivity (Wildman–Crippen MR) is 134 cm³/mol. The van der Waals surface area contributed by atoms with Crippen LogP contribution in [0.4, 0.5) is 10.2 Å². The molecule has 186 valence electrons. The molecular weight excluding hydrogens is 461 g/mol. The van der Waals surface area contributed by atoms with Gasteiger partial charge in [0.2, 0.25) is 5.91 Å². The first kappa shape index (κ1) is 23.7. The van der Waals surface area contributed by atoms with Crippen LogP contribution in [-0.2, 0) is 17.8 Å². The summed E-state index contributed by atoms with van der Waals surface area (Å²) in [6.07, 6.45) is 3.92. The minimum atomic E-state index is -0.315. The topological polar surface area (TPSA) is 93.4 Å². The first-order valence-corrected chi connectivity index (χ1v) is 12.2. The summed E-state index contributed by atoms with van der Waals surface area (Å²) in [5.41, 5.74) is 2.61. The molecule has 1 aliphatic rings. The van der Waals surface area contributed by atoms with Crippen LogP contribution in [0.15, 0.2) is 53.1 Å². The molecule has 0 bridgehead atoms. The van der Waals surface area contributed by atoms with Gasteiger partial charge in [0.1, 0.15) is 34.3 Å². The van der Waals surface area contributed by atoms with Crippen LogP contribution in [0.5, 0.6) is 5.75 Å². The summed E-state index contributed by atoms with van der Waals surface area (Å²) in [5, 5.41) is 7.90. The Bertz CT molecular complexity index is 1350. The lowest BCUT2D eigenvalue weighted by Gasteiger charge is -2.28. The number of aromatic nitrogens is 3. The highest BCUT2D eigenvalue weighted by Gasteiger charge is 2.24. The number of piperidine rings is 1. The van der Waals surface area contributed by atoms with E-state index in [-0.39, 0.29) is 18.1 Å². The van der Waals surface area contributed by atoms with E-state index >= 15 is 0 Å². The van der Waals surface area contributed by atoms with E-state index in [1.807, 2.05) is 24.3 Å². The lowest BCUT2D eigenvalue weighted by molar-refractivity contribution is -0.121. The quantitative estimate of drug-likeness (QED) is 0.384. The van der Waals surface area contributed by atoms with Crippen LogP contribution in [0.3, 0.4) is 0 Å². The van der Waals surface area contributed by atoms with Crippen LogP contribution in [0, 0.1) is 5.82 Å². The zero-order valence-electron chi connectivity index (χ0n) is 20.2. The zero-order valence-corrected chi connectivity index (χ0v) is 20.2. The highest BCUT2D eigenvalue weighted by Crippen LogP contribution is 2.35. The Morgan fingerprint density at radius 3 is 2.64 bits per heavy atom. The third-order valence-electron chi connectivity index (χ3n) is 6.38. The summed E-state index contributed by atoms with van der Waals surface area (Å²) in [5.74, 6) is 1.60. The fourth-order valence-corrected chi connectivity index (χ4v) is 4.49. The number of benzene rings is 2. The average molecular weight is 490 g/mol. The van der Waals surface area contributed by atoms with Gasteiger partial charge in [-0.2, -0.15) is 4.98 Å². The molecule has 0 spiro atoms. The Morgan fingerprint density at radius 2 is 1.86 bits per heavy atom. The first-order chi connectivity index (χ1) is 17.6. The summed E-state index contributed by atoms with van der Waals surface area (Å²) >= 11 is 0. The van der Waals surface area contributed by atoms with Crippen molar-refractivity contribution in [2.45, 2.75) is 38.6 Å². The number of amides is 1. The first-order valence-electron chi connectivity index (χ1n) is 12.2. The number of carbonyl (C=O) groups excluding carboxylic acids is 1. The van der Waals surface area contributed by atoms with Crippen molar-refractivity contribution >= 4 is 22.8 Å². The summed E-state index contributed by atoms with van der Waals surface area (Å²) in [6.45, 7) is 2.13. The van der Waals surface area contributed by atoms with Gasteiger partial charge in [-0.05, 0) is 49.6 Å².